The Kier molecular flexibility index (Phi) is 5.27. The van der Waals surface area contributed by atoms with Gasteiger partial charge in [-0.15, -0.1) is 0 Å². The highest BCUT2D eigenvalue weighted by Crippen LogP contribution is 2.20. The van der Waals surface area contributed by atoms with Crippen molar-refractivity contribution in [2.75, 3.05) is 6.54 Å². The summed E-state index contributed by atoms with van der Waals surface area (Å²) in [7, 11) is 0. The first-order valence-electron chi connectivity index (χ1n) is 5.63. The molecule has 1 aromatic rings. The molecule has 5 nitrogen and oxygen atoms in total. The largest absolute Gasteiger partial charge is 0.351 e. The molecule has 0 radical (unpaired) electrons. The number of nitro groups is 1. The molecule has 0 spiro atoms. The van der Waals surface area contributed by atoms with Crippen LogP contribution in [-0.4, -0.2) is 22.2 Å². The summed E-state index contributed by atoms with van der Waals surface area (Å²) in [6, 6.07) is 4.50. The van der Waals surface area contributed by atoms with Crippen molar-refractivity contribution in [2.24, 2.45) is 0 Å². The number of alkyl halides is 1. The Morgan fingerprint density at radius 2 is 2.22 bits per heavy atom. The van der Waals surface area contributed by atoms with Gasteiger partial charge >= 0.3 is 0 Å². The number of hydrogen-bond acceptors (Lipinski definition) is 3. The van der Waals surface area contributed by atoms with Gasteiger partial charge in [0.15, 0.2) is 0 Å². The minimum Gasteiger partial charge on any atom is -0.351 e. The Hall–Kier alpha value is -1.43. The number of halogens is 1. The van der Waals surface area contributed by atoms with E-state index < -0.39 is 4.92 Å². The van der Waals surface area contributed by atoms with Crippen molar-refractivity contribution in [1.82, 2.24) is 5.32 Å². The molecule has 0 saturated heterocycles. The van der Waals surface area contributed by atoms with Crippen LogP contribution in [0.25, 0.3) is 0 Å². The Morgan fingerprint density at radius 3 is 2.78 bits per heavy atom. The number of carbonyl (C=O) groups is 1. The smallest absolute Gasteiger partial charge is 0.273 e. The third-order valence-corrected chi connectivity index (χ3v) is 3.64. The molecule has 18 heavy (non-hydrogen) atoms. The third kappa shape index (κ3) is 3.53. The highest BCUT2D eigenvalue weighted by Gasteiger charge is 2.17. The van der Waals surface area contributed by atoms with E-state index in [0.29, 0.717) is 17.7 Å². The van der Waals surface area contributed by atoms with Crippen molar-refractivity contribution in [3.05, 3.63) is 39.4 Å². The Balaban J connectivity index is 2.86. The molecule has 0 fully saturated rings. The highest BCUT2D eigenvalue weighted by molar-refractivity contribution is 9.09. The second-order valence-electron chi connectivity index (χ2n) is 3.92. The van der Waals surface area contributed by atoms with E-state index in [-0.39, 0.29) is 16.4 Å². The van der Waals surface area contributed by atoms with Gasteiger partial charge in [0, 0.05) is 28.6 Å². The van der Waals surface area contributed by atoms with E-state index in [1.807, 2.05) is 6.92 Å². The lowest BCUT2D eigenvalue weighted by molar-refractivity contribution is -0.385. The predicted octanol–water partition coefficient (Wildman–Crippen LogP) is 2.81. The molecule has 0 aromatic heterocycles. The van der Waals surface area contributed by atoms with Gasteiger partial charge in [-0.05, 0) is 19.4 Å². The first-order valence-corrected chi connectivity index (χ1v) is 6.55. The quantitative estimate of drug-likeness (QED) is 0.516. The molecule has 1 N–H and O–H groups in total. The molecule has 1 unspecified atom stereocenters. The molecule has 0 heterocycles. The van der Waals surface area contributed by atoms with Crippen LogP contribution in [-0.2, 0) is 0 Å². The number of carbonyl (C=O) groups excluding carboxylic acids is 1. The van der Waals surface area contributed by atoms with Gasteiger partial charge in [0.1, 0.15) is 0 Å². The molecule has 1 rings (SSSR count). The molecule has 98 valence electrons. The lowest BCUT2D eigenvalue weighted by atomic mass is 10.1. The zero-order valence-corrected chi connectivity index (χ0v) is 11.9. The van der Waals surface area contributed by atoms with E-state index in [4.69, 9.17) is 0 Å². The molecular weight excluding hydrogens is 300 g/mol. The average molecular weight is 315 g/mol. The summed E-state index contributed by atoms with van der Waals surface area (Å²) in [6.45, 7) is 4.08. The summed E-state index contributed by atoms with van der Waals surface area (Å²) >= 11 is 3.41. The highest BCUT2D eigenvalue weighted by atomic mass is 79.9. The van der Waals surface area contributed by atoms with Crippen molar-refractivity contribution < 1.29 is 9.72 Å². The predicted molar refractivity (Wildman–Crippen MR) is 73.2 cm³/mol. The van der Waals surface area contributed by atoms with Crippen molar-refractivity contribution in [3.8, 4) is 0 Å². The summed E-state index contributed by atoms with van der Waals surface area (Å²) < 4.78 is 0. The van der Waals surface area contributed by atoms with Crippen LogP contribution in [0.4, 0.5) is 5.69 Å². The third-order valence-electron chi connectivity index (χ3n) is 2.67. The fraction of sp³-hybridized carbons (Fsp3) is 0.417. The van der Waals surface area contributed by atoms with Crippen LogP contribution in [0.3, 0.4) is 0 Å². The number of nitrogens with one attached hydrogen (secondary N) is 1. The number of nitrogens with zero attached hydrogens (tertiary/aromatic N) is 1. The molecule has 1 amide bonds. The second kappa shape index (κ2) is 6.49. The van der Waals surface area contributed by atoms with Crippen molar-refractivity contribution in [2.45, 2.75) is 25.1 Å². The molecule has 0 aliphatic carbocycles. The van der Waals surface area contributed by atoms with Gasteiger partial charge in [0.05, 0.1) is 4.92 Å². The molecular formula is C12H15BrN2O3. The van der Waals surface area contributed by atoms with Crippen LogP contribution in [0.5, 0.6) is 0 Å². The van der Waals surface area contributed by atoms with E-state index in [9.17, 15) is 14.9 Å². The number of nitro benzene ring substituents is 1. The molecule has 0 aliphatic rings. The van der Waals surface area contributed by atoms with Crippen LogP contribution >= 0.6 is 15.9 Å². The van der Waals surface area contributed by atoms with Crippen LogP contribution in [0, 0.1) is 17.0 Å². The second-order valence-corrected chi connectivity index (χ2v) is 5.22. The van der Waals surface area contributed by atoms with E-state index in [1.165, 1.54) is 12.1 Å². The van der Waals surface area contributed by atoms with Crippen LogP contribution in [0.2, 0.25) is 0 Å². The molecule has 0 aliphatic heterocycles. The number of hydrogen-bond donors (Lipinski definition) is 1. The standard InChI is InChI=1S/C12H15BrN2O3/c1-3-9(13)7-14-12(16)10-5-4-6-11(8(10)2)15(17)18/h4-6,9H,3,7H2,1-2H3,(H,14,16). The topological polar surface area (TPSA) is 72.2 Å². The molecule has 6 heteroatoms. The monoisotopic (exact) mass is 314 g/mol. The van der Waals surface area contributed by atoms with Crippen LogP contribution in [0.1, 0.15) is 29.3 Å². The van der Waals surface area contributed by atoms with Crippen molar-refractivity contribution >= 4 is 27.5 Å². The summed E-state index contributed by atoms with van der Waals surface area (Å²) in [4.78, 5) is 22.4. The maximum Gasteiger partial charge on any atom is 0.273 e. The average Bonchev–Trinajstić information content (AvgIpc) is 2.35. The van der Waals surface area contributed by atoms with E-state index in [0.717, 1.165) is 6.42 Å². The maximum atomic E-state index is 11.9. The van der Waals surface area contributed by atoms with Crippen LogP contribution in [0.15, 0.2) is 18.2 Å². The first kappa shape index (κ1) is 14.6. The number of benzene rings is 1. The SMILES string of the molecule is CCC(Br)CNC(=O)c1cccc([N+](=O)[O-])c1C. The van der Waals surface area contributed by atoms with E-state index >= 15 is 0 Å². The summed E-state index contributed by atoms with van der Waals surface area (Å²) in [5.41, 5.74) is 0.705. The zero-order chi connectivity index (χ0) is 13.7. The van der Waals surface area contributed by atoms with E-state index in [1.54, 1.807) is 13.0 Å². The van der Waals surface area contributed by atoms with Gasteiger partial charge in [-0.25, -0.2) is 0 Å². The van der Waals surface area contributed by atoms with Gasteiger partial charge < -0.3 is 5.32 Å². The molecule has 0 saturated carbocycles. The van der Waals surface area contributed by atoms with Gasteiger partial charge in [0.25, 0.3) is 11.6 Å². The lowest BCUT2D eigenvalue weighted by Gasteiger charge is -2.10. The number of amides is 1. The fourth-order valence-electron chi connectivity index (χ4n) is 1.51. The summed E-state index contributed by atoms with van der Waals surface area (Å²) in [5.74, 6) is -0.283. The van der Waals surface area contributed by atoms with Crippen molar-refractivity contribution in [1.29, 1.82) is 0 Å². The minimum atomic E-state index is -0.481. The van der Waals surface area contributed by atoms with Gasteiger partial charge in [-0.1, -0.05) is 28.9 Å². The number of rotatable bonds is 5. The molecule has 1 atom stereocenters. The summed E-state index contributed by atoms with van der Waals surface area (Å²) in [6.07, 6.45) is 0.897. The van der Waals surface area contributed by atoms with Gasteiger partial charge in [-0.2, -0.15) is 0 Å². The Morgan fingerprint density at radius 1 is 1.56 bits per heavy atom. The van der Waals surface area contributed by atoms with Gasteiger partial charge in [0.2, 0.25) is 0 Å². The van der Waals surface area contributed by atoms with Gasteiger partial charge in [-0.3, -0.25) is 14.9 Å². The van der Waals surface area contributed by atoms with Crippen molar-refractivity contribution in [3.63, 3.8) is 0 Å². The molecule has 0 bridgehead atoms. The van der Waals surface area contributed by atoms with Crippen LogP contribution < -0.4 is 5.32 Å². The summed E-state index contributed by atoms with van der Waals surface area (Å²) in [5, 5.41) is 13.5. The first-order chi connectivity index (χ1) is 8.47. The molecule has 1 aromatic carbocycles. The fourth-order valence-corrected chi connectivity index (χ4v) is 1.67. The minimum absolute atomic E-state index is 0.0338. The lowest BCUT2D eigenvalue weighted by Crippen LogP contribution is -2.29. The Bertz CT molecular complexity index is 463. The maximum absolute atomic E-state index is 11.9. The van der Waals surface area contributed by atoms with E-state index in [2.05, 4.69) is 21.2 Å². The normalized spacial score (nSPS) is 11.9. The zero-order valence-electron chi connectivity index (χ0n) is 10.3. The Labute approximate surface area is 114 Å².